The first-order valence-electron chi connectivity index (χ1n) is 5.73. The Labute approximate surface area is 117 Å². The Balaban J connectivity index is 1.96. The van der Waals surface area contributed by atoms with Crippen molar-refractivity contribution in [2.45, 2.75) is 0 Å². The van der Waals surface area contributed by atoms with Gasteiger partial charge in [-0.1, -0.05) is 23.5 Å². The van der Waals surface area contributed by atoms with E-state index < -0.39 is 4.92 Å². The summed E-state index contributed by atoms with van der Waals surface area (Å²) in [6.45, 7) is 0. The maximum atomic E-state index is 10.8. The fraction of sp³-hybridized carbons (Fsp3) is 0. The van der Waals surface area contributed by atoms with Gasteiger partial charge in [0, 0.05) is 12.1 Å². The van der Waals surface area contributed by atoms with Gasteiger partial charge in [-0.25, -0.2) is 4.98 Å². The Morgan fingerprint density at radius 3 is 2.80 bits per heavy atom. The van der Waals surface area contributed by atoms with E-state index in [1.54, 1.807) is 0 Å². The van der Waals surface area contributed by atoms with E-state index >= 15 is 0 Å². The molecule has 1 heterocycles. The van der Waals surface area contributed by atoms with E-state index in [4.69, 9.17) is 0 Å². The topological polar surface area (TPSA) is 88.3 Å². The van der Waals surface area contributed by atoms with Crippen LogP contribution in [0.15, 0.2) is 42.5 Å². The molecule has 0 spiro atoms. The predicted octanol–water partition coefficient (Wildman–Crippen LogP) is 3.65. The van der Waals surface area contributed by atoms with Crippen LogP contribution in [0.3, 0.4) is 0 Å². The Morgan fingerprint density at radius 2 is 2.05 bits per heavy atom. The van der Waals surface area contributed by atoms with Crippen molar-refractivity contribution in [3.8, 4) is 5.75 Å². The summed E-state index contributed by atoms with van der Waals surface area (Å²) in [6, 6.07) is 11.5. The van der Waals surface area contributed by atoms with E-state index in [1.165, 1.54) is 23.5 Å². The number of nitrogens with one attached hydrogen (secondary N) is 1. The second-order valence-corrected chi connectivity index (χ2v) is 5.14. The van der Waals surface area contributed by atoms with Gasteiger partial charge in [0.15, 0.2) is 5.13 Å². The molecule has 0 fully saturated rings. The molecular weight excluding hydrogens is 278 g/mol. The zero-order valence-corrected chi connectivity index (χ0v) is 10.9. The third-order valence-electron chi connectivity index (χ3n) is 2.66. The summed E-state index contributed by atoms with van der Waals surface area (Å²) in [5.41, 5.74) is 1.11. The number of rotatable bonds is 3. The maximum absolute atomic E-state index is 10.8. The van der Waals surface area contributed by atoms with Crippen molar-refractivity contribution < 1.29 is 10.0 Å². The molecule has 3 aromatic rings. The number of phenols is 1. The number of fused-ring (bicyclic) bond motifs is 1. The van der Waals surface area contributed by atoms with Gasteiger partial charge in [0.1, 0.15) is 5.75 Å². The lowest BCUT2D eigenvalue weighted by Gasteiger charge is -2.03. The van der Waals surface area contributed by atoms with E-state index in [1.807, 2.05) is 24.3 Å². The van der Waals surface area contributed by atoms with Crippen molar-refractivity contribution >= 4 is 38.1 Å². The number of thiazole rings is 1. The molecule has 0 unspecified atom stereocenters. The first-order valence-corrected chi connectivity index (χ1v) is 6.54. The molecular formula is C13H9N3O3S. The van der Waals surface area contributed by atoms with Crippen LogP contribution < -0.4 is 5.32 Å². The number of para-hydroxylation sites is 1. The number of hydrogen-bond donors (Lipinski definition) is 2. The van der Waals surface area contributed by atoms with Gasteiger partial charge in [0.05, 0.1) is 26.9 Å². The van der Waals surface area contributed by atoms with Crippen LogP contribution in [-0.2, 0) is 0 Å². The van der Waals surface area contributed by atoms with Crippen LogP contribution in [0.25, 0.3) is 10.2 Å². The quantitative estimate of drug-likeness (QED) is 0.567. The molecule has 2 aromatic carbocycles. The molecule has 7 heteroatoms. The molecule has 0 amide bonds. The van der Waals surface area contributed by atoms with Gasteiger partial charge in [-0.2, -0.15) is 0 Å². The number of non-ortho nitro benzene ring substituents is 1. The summed E-state index contributed by atoms with van der Waals surface area (Å²) >= 11 is 1.44. The van der Waals surface area contributed by atoms with Crippen LogP contribution in [0.1, 0.15) is 0 Å². The highest BCUT2D eigenvalue weighted by atomic mass is 32.1. The lowest BCUT2D eigenvalue weighted by Crippen LogP contribution is -1.92. The number of aromatic hydroxyl groups is 1. The van der Waals surface area contributed by atoms with Crippen LogP contribution in [0, 0.1) is 10.1 Å². The van der Waals surface area contributed by atoms with Crippen molar-refractivity contribution in [1.29, 1.82) is 0 Å². The largest absolute Gasteiger partial charge is 0.508 e. The van der Waals surface area contributed by atoms with Crippen molar-refractivity contribution in [1.82, 2.24) is 4.98 Å². The predicted molar refractivity (Wildman–Crippen MR) is 77.7 cm³/mol. The van der Waals surface area contributed by atoms with Crippen molar-refractivity contribution in [3.05, 3.63) is 52.6 Å². The fourth-order valence-corrected chi connectivity index (χ4v) is 2.71. The van der Waals surface area contributed by atoms with E-state index in [9.17, 15) is 15.2 Å². The lowest BCUT2D eigenvalue weighted by molar-refractivity contribution is -0.384. The molecule has 0 aliphatic rings. The Morgan fingerprint density at radius 1 is 1.25 bits per heavy atom. The van der Waals surface area contributed by atoms with Crippen molar-refractivity contribution in [3.63, 3.8) is 0 Å². The first kappa shape index (κ1) is 12.4. The monoisotopic (exact) mass is 287 g/mol. The smallest absolute Gasteiger partial charge is 0.275 e. The van der Waals surface area contributed by atoms with Crippen LogP contribution in [-0.4, -0.2) is 15.0 Å². The number of anilines is 2. The molecule has 2 N–H and O–H groups in total. The molecule has 0 saturated heterocycles. The summed E-state index contributed by atoms with van der Waals surface area (Å²) in [5, 5.41) is 23.8. The normalized spacial score (nSPS) is 10.6. The summed E-state index contributed by atoms with van der Waals surface area (Å²) in [6.07, 6.45) is 0. The number of phenolic OH excluding ortho intramolecular Hbond substituents is 1. The number of nitrogens with zero attached hydrogens (tertiary/aromatic N) is 2. The molecule has 0 atom stereocenters. The number of aromatic nitrogens is 1. The Hall–Kier alpha value is -2.67. The van der Waals surface area contributed by atoms with Gasteiger partial charge in [-0.3, -0.25) is 10.1 Å². The molecule has 6 nitrogen and oxygen atoms in total. The first-order chi connectivity index (χ1) is 9.61. The lowest BCUT2D eigenvalue weighted by atomic mass is 10.2. The molecule has 20 heavy (non-hydrogen) atoms. The molecule has 1 aromatic heterocycles. The molecule has 3 rings (SSSR count). The number of nitro groups is 1. The van der Waals surface area contributed by atoms with E-state index in [0.29, 0.717) is 10.8 Å². The molecule has 0 radical (unpaired) electrons. The average molecular weight is 287 g/mol. The number of benzene rings is 2. The maximum Gasteiger partial charge on any atom is 0.275 e. The third-order valence-corrected chi connectivity index (χ3v) is 3.61. The highest BCUT2D eigenvalue weighted by Crippen LogP contribution is 2.31. The molecule has 0 aliphatic heterocycles. The van der Waals surface area contributed by atoms with Gasteiger partial charge in [-0.15, -0.1) is 0 Å². The van der Waals surface area contributed by atoms with Gasteiger partial charge >= 0.3 is 0 Å². The van der Waals surface area contributed by atoms with Crippen molar-refractivity contribution in [2.24, 2.45) is 0 Å². The fourth-order valence-electron chi connectivity index (χ4n) is 1.82. The summed E-state index contributed by atoms with van der Waals surface area (Å²) in [5.74, 6) is -0.164. The Bertz CT molecular complexity index is 767. The average Bonchev–Trinajstić information content (AvgIpc) is 2.79. The van der Waals surface area contributed by atoms with Gasteiger partial charge < -0.3 is 10.4 Å². The van der Waals surface area contributed by atoms with E-state index in [2.05, 4.69) is 10.3 Å². The van der Waals surface area contributed by atoms with Gasteiger partial charge in [-0.05, 0) is 12.1 Å². The van der Waals surface area contributed by atoms with Crippen LogP contribution in [0.2, 0.25) is 0 Å². The van der Waals surface area contributed by atoms with Crippen LogP contribution in [0.5, 0.6) is 5.75 Å². The van der Waals surface area contributed by atoms with Gasteiger partial charge in [0.2, 0.25) is 0 Å². The zero-order chi connectivity index (χ0) is 14.1. The summed E-state index contributed by atoms with van der Waals surface area (Å²) < 4.78 is 1.02. The SMILES string of the molecule is O=[N+]([O-])c1cc(O)cc(Nc2nc3ccccc3s2)c1. The minimum Gasteiger partial charge on any atom is -0.508 e. The number of nitro benzene ring substituents is 1. The van der Waals surface area contributed by atoms with Crippen LogP contribution in [0.4, 0.5) is 16.5 Å². The third kappa shape index (κ3) is 2.39. The molecule has 0 saturated carbocycles. The van der Waals surface area contributed by atoms with E-state index in [0.717, 1.165) is 16.3 Å². The van der Waals surface area contributed by atoms with Crippen molar-refractivity contribution in [2.75, 3.05) is 5.32 Å². The molecule has 100 valence electrons. The molecule has 0 bridgehead atoms. The minimum absolute atomic E-state index is 0.164. The Kier molecular flexibility index (Phi) is 2.96. The molecule has 0 aliphatic carbocycles. The second kappa shape index (κ2) is 4.78. The number of hydrogen-bond acceptors (Lipinski definition) is 6. The minimum atomic E-state index is -0.552. The van der Waals surface area contributed by atoms with E-state index in [-0.39, 0.29) is 11.4 Å². The highest BCUT2D eigenvalue weighted by Gasteiger charge is 2.11. The van der Waals surface area contributed by atoms with Crippen LogP contribution >= 0.6 is 11.3 Å². The second-order valence-electron chi connectivity index (χ2n) is 4.11. The standard InChI is InChI=1S/C13H9N3O3S/c17-10-6-8(5-9(7-10)16(18)19)14-13-15-11-3-1-2-4-12(11)20-13/h1-7,17H,(H,14,15). The van der Waals surface area contributed by atoms with Gasteiger partial charge in [0.25, 0.3) is 5.69 Å². The highest BCUT2D eigenvalue weighted by molar-refractivity contribution is 7.22. The zero-order valence-electron chi connectivity index (χ0n) is 10.1. The summed E-state index contributed by atoms with van der Waals surface area (Å²) in [4.78, 5) is 14.6. The summed E-state index contributed by atoms with van der Waals surface area (Å²) in [7, 11) is 0.